The summed E-state index contributed by atoms with van der Waals surface area (Å²) in [7, 11) is 0. The second-order valence-electron chi connectivity index (χ2n) is 7.53. The number of nitrogens with zero attached hydrogens (tertiary/aromatic N) is 2. The summed E-state index contributed by atoms with van der Waals surface area (Å²) >= 11 is 1.28. The molecule has 0 fully saturated rings. The smallest absolute Gasteiger partial charge is 0.338 e. The Morgan fingerprint density at radius 3 is 2.65 bits per heavy atom. The molecule has 0 aromatic heterocycles. The van der Waals surface area contributed by atoms with Gasteiger partial charge in [-0.3, -0.25) is 4.79 Å². The summed E-state index contributed by atoms with van der Waals surface area (Å²) in [4.78, 5) is 31.9. The molecule has 0 aliphatic carbocycles. The van der Waals surface area contributed by atoms with E-state index in [0.29, 0.717) is 22.2 Å². The van der Waals surface area contributed by atoms with Crippen molar-refractivity contribution in [3.05, 3.63) is 101 Å². The van der Waals surface area contributed by atoms with Crippen LogP contribution in [0.1, 0.15) is 24.9 Å². The predicted octanol–water partition coefficient (Wildman–Crippen LogP) is 5.30. The number of ether oxygens (including phenoxy) is 1. The van der Waals surface area contributed by atoms with E-state index in [9.17, 15) is 18.4 Å². The van der Waals surface area contributed by atoms with Gasteiger partial charge in [0.15, 0.2) is 5.17 Å². The molecule has 2 aliphatic rings. The van der Waals surface area contributed by atoms with E-state index in [1.807, 2.05) is 0 Å². The first kappa shape index (κ1) is 23.4. The van der Waals surface area contributed by atoms with Crippen molar-refractivity contribution in [3.63, 3.8) is 0 Å². The standard InChI is InChI=1S/C25H21F2N3O3S/c1-3-12-33-24(32)22-15(2)28-25-30(23(22)19-6-4-5-7-20(19)27)18(14-34-25)13-21(31)29-17-10-8-16(26)9-11-17/h3-11,14,23H,1,12-13H2,2H3,(H,29,31)/t23-/m0/s1. The monoisotopic (exact) mass is 481 g/mol. The minimum absolute atomic E-state index is 0.00625. The topological polar surface area (TPSA) is 71.0 Å². The molecule has 2 aromatic carbocycles. The first-order valence-corrected chi connectivity index (χ1v) is 11.3. The maximum atomic E-state index is 15.0. The number of amidine groups is 1. The van der Waals surface area contributed by atoms with Crippen LogP contribution in [0.5, 0.6) is 0 Å². The predicted molar refractivity (Wildman–Crippen MR) is 128 cm³/mol. The Kier molecular flexibility index (Phi) is 6.93. The van der Waals surface area contributed by atoms with Gasteiger partial charge >= 0.3 is 5.97 Å². The van der Waals surface area contributed by atoms with Gasteiger partial charge in [-0.15, -0.1) is 0 Å². The van der Waals surface area contributed by atoms with Crippen molar-refractivity contribution in [1.82, 2.24) is 4.90 Å². The summed E-state index contributed by atoms with van der Waals surface area (Å²) in [5, 5.41) is 4.99. The van der Waals surface area contributed by atoms with Crippen molar-refractivity contribution < 1.29 is 23.1 Å². The van der Waals surface area contributed by atoms with Gasteiger partial charge in [-0.25, -0.2) is 18.6 Å². The van der Waals surface area contributed by atoms with Crippen LogP contribution in [0.25, 0.3) is 0 Å². The molecule has 0 unspecified atom stereocenters. The van der Waals surface area contributed by atoms with Crippen LogP contribution in [-0.2, 0) is 14.3 Å². The van der Waals surface area contributed by atoms with E-state index >= 15 is 0 Å². The number of nitrogens with one attached hydrogen (secondary N) is 1. The largest absolute Gasteiger partial charge is 0.458 e. The van der Waals surface area contributed by atoms with Gasteiger partial charge in [0.05, 0.1) is 23.7 Å². The average Bonchev–Trinajstić information content (AvgIpc) is 3.20. The average molecular weight is 482 g/mol. The molecule has 6 nitrogen and oxygen atoms in total. The molecule has 1 amide bonds. The summed E-state index contributed by atoms with van der Waals surface area (Å²) < 4.78 is 33.4. The third-order valence-electron chi connectivity index (χ3n) is 5.22. The van der Waals surface area contributed by atoms with Gasteiger partial charge in [-0.2, -0.15) is 0 Å². The molecule has 2 aliphatic heterocycles. The molecular weight excluding hydrogens is 460 g/mol. The molecule has 0 saturated heterocycles. The molecule has 0 saturated carbocycles. The molecule has 0 bridgehead atoms. The van der Waals surface area contributed by atoms with E-state index in [1.165, 1.54) is 48.2 Å². The molecule has 2 heterocycles. The quantitative estimate of drug-likeness (QED) is 0.429. The number of anilines is 1. The van der Waals surface area contributed by atoms with Gasteiger partial charge in [0.1, 0.15) is 18.2 Å². The SMILES string of the molecule is C=CCOC(=O)C1=C(C)N=C2SC=C(CC(=O)Nc3ccc(F)cc3)N2[C@H]1c1ccccc1F. The number of fused-ring (bicyclic) bond motifs is 1. The van der Waals surface area contributed by atoms with Crippen molar-refractivity contribution in [2.75, 3.05) is 11.9 Å². The fourth-order valence-electron chi connectivity index (χ4n) is 3.74. The van der Waals surface area contributed by atoms with Crippen LogP contribution in [0.15, 0.2) is 88.6 Å². The van der Waals surface area contributed by atoms with Gasteiger partial charge < -0.3 is 15.0 Å². The van der Waals surface area contributed by atoms with E-state index in [2.05, 4.69) is 16.9 Å². The highest BCUT2D eigenvalue weighted by atomic mass is 32.2. The molecule has 174 valence electrons. The minimum atomic E-state index is -0.870. The number of halogens is 2. The molecule has 4 rings (SSSR count). The number of aliphatic imine (C=N–C) groups is 1. The Labute approximate surface area is 199 Å². The Balaban J connectivity index is 1.67. The lowest BCUT2D eigenvalue weighted by Crippen LogP contribution is -2.38. The van der Waals surface area contributed by atoms with Gasteiger partial charge in [0.2, 0.25) is 5.91 Å². The maximum Gasteiger partial charge on any atom is 0.338 e. The highest BCUT2D eigenvalue weighted by molar-refractivity contribution is 8.16. The Morgan fingerprint density at radius 1 is 1.21 bits per heavy atom. The number of thioether (sulfide) groups is 1. The second-order valence-corrected chi connectivity index (χ2v) is 8.37. The van der Waals surface area contributed by atoms with E-state index in [-0.39, 0.29) is 30.1 Å². The number of allylic oxidation sites excluding steroid dienone is 1. The van der Waals surface area contributed by atoms with Crippen molar-refractivity contribution in [3.8, 4) is 0 Å². The fourth-order valence-corrected chi connectivity index (χ4v) is 4.70. The molecule has 0 radical (unpaired) electrons. The Bertz CT molecular complexity index is 1240. The summed E-state index contributed by atoms with van der Waals surface area (Å²) in [6.07, 6.45) is 1.38. The van der Waals surface area contributed by atoms with Crippen LogP contribution in [0.3, 0.4) is 0 Å². The van der Waals surface area contributed by atoms with Gasteiger partial charge in [0, 0.05) is 16.9 Å². The number of hydrogen-bond donors (Lipinski definition) is 1. The zero-order valence-corrected chi connectivity index (χ0v) is 19.1. The Morgan fingerprint density at radius 2 is 1.94 bits per heavy atom. The van der Waals surface area contributed by atoms with E-state index in [4.69, 9.17) is 4.74 Å². The zero-order valence-electron chi connectivity index (χ0n) is 18.3. The molecule has 1 N–H and O–H groups in total. The molecule has 9 heteroatoms. The number of rotatable bonds is 7. The number of carbonyl (C=O) groups excluding carboxylic acids is 2. The van der Waals surface area contributed by atoms with Crippen molar-refractivity contribution in [2.45, 2.75) is 19.4 Å². The van der Waals surface area contributed by atoms with Crippen LogP contribution >= 0.6 is 11.8 Å². The van der Waals surface area contributed by atoms with E-state index in [0.717, 1.165) is 0 Å². The fraction of sp³-hybridized carbons (Fsp3) is 0.160. The van der Waals surface area contributed by atoms with Crippen LogP contribution in [0, 0.1) is 11.6 Å². The summed E-state index contributed by atoms with van der Waals surface area (Å²) in [5.74, 6) is -1.90. The van der Waals surface area contributed by atoms with Crippen LogP contribution in [0.4, 0.5) is 14.5 Å². The number of amides is 1. The number of hydrogen-bond acceptors (Lipinski definition) is 6. The maximum absolute atomic E-state index is 15.0. The first-order valence-electron chi connectivity index (χ1n) is 10.4. The molecular formula is C25H21F2N3O3S. The van der Waals surface area contributed by atoms with E-state index in [1.54, 1.807) is 35.4 Å². The van der Waals surface area contributed by atoms with Crippen molar-refractivity contribution in [2.24, 2.45) is 4.99 Å². The lowest BCUT2D eigenvalue weighted by molar-refractivity contribution is -0.138. The van der Waals surface area contributed by atoms with Gasteiger partial charge in [-0.05, 0) is 42.7 Å². The van der Waals surface area contributed by atoms with Crippen LogP contribution in [-0.4, -0.2) is 28.6 Å². The highest BCUT2D eigenvalue weighted by Crippen LogP contribution is 2.45. The number of carbonyl (C=O) groups is 2. The van der Waals surface area contributed by atoms with Gasteiger partial charge in [0.25, 0.3) is 0 Å². The van der Waals surface area contributed by atoms with Crippen molar-refractivity contribution >= 4 is 34.5 Å². The molecule has 34 heavy (non-hydrogen) atoms. The number of benzene rings is 2. The summed E-state index contributed by atoms with van der Waals surface area (Å²) in [5.41, 5.74) is 1.83. The van der Waals surface area contributed by atoms with E-state index < -0.39 is 23.6 Å². The highest BCUT2D eigenvalue weighted by Gasteiger charge is 2.42. The second kappa shape index (κ2) is 10.0. The van der Waals surface area contributed by atoms with Crippen molar-refractivity contribution in [1.29, 1.82) is 0 Å². The first-order chi connectivity index (χ1) is 16.4. The Hall–Kier alpha value is -3.72. The normalized spacial score (nSPS) is 17.0. The summed E-state index contributed by atoms with van der Waals surface area (Å²) in [6.45, 7) is 5.22. The third-order valence-corrected chi connectivity index (χ3v) is 6.11. The lowest BCUT2D eigenvalue weighted by atomic mass is 9.93. The zero-order chi connectivity index (χ0) is 24.2. The third kappa shape index (κ3) is 4.79. The van der Waals surface area contributed by atoms with Crippen LogP contribution < -0.4 is 5.32 Å². The lowest BCUT2D eigenvalue weighted by Gasteiger charge is -2.36. The minimum Gasteiger partial charge on any atom is -0.458 e. The van der Waals surface area contributed by atoms with Crippen LogP contribution in [0.2, 0.25) is 0 Å². The molecule has 0 spiro atoms. The molecule has 1 atom stereocenters. The molecule has 2 aromatic rings. The summed E-state index contributed by atoms with van der Waals surface area (Å²) in [6, 6.07) is 10.7. The number of esters is 1. The van der Waals surface area contributed by atoms with Gasteiger partial charge in [-0.1, -0.05) is 42.6 Å².